The predicted octanol–water partition coefficient (Wildman–Crippen LogP) is 3.43. The zero-order valence-electron chi connectivity index (χ0n) is 12.3. The molecule has 0 fully saturated rings. The number of hydrogen-bond donors (Lipinski definition) is 1. The fraction of sp³-hybridized carbons (Fsp3) is 0.412. The molecule has 2 aromatic rings. The zero-order valence-corrected chi connectivity index (χ0v) is 13.9. The Hall–Kier alpha value is -1.26. The van der Waals surface area contributed by atoms with E-state index in [1.165, 1.54) is 22.5 Å². The first kappa shape index (κ1) is 14.7. The van der Waals surface area contributed by atoms with Crippen LogP contribution in [0.1, 0.15) is 41.7 Å². The van der Waals surface area contributed by atoms with E-state index in [4.69, 9.17) is 9.97 Å². The van der Waals surface area contributed by atoms with E-state index in [1.54, 1.807) is 0 Å². The molecule has 0 spiro atoms. The van der Waals surface area contributed by atoms with Gasteiger partial charge in [-0.1, -0.05) is 41.4 Å². The molecule has 0 saturated carbocycles. The molecule has 0 saturated heterocycles. The van der Waals surface area contributed by atoms with Gasteiger partial charge in [0, 0.05) is 23.1 Å². The Bertz CT molecular complexity index is 640. The molecule has 1 aliphatic rings. The van der Waals surface area contributed by atoms with Gasteiger partial charge in [-0.15, -0.1) is 0 Å². The van der Waals surface area contributed by atoms with E-state index in [0.717, 1.165) is 49.1 Å². The van der Waals surface area contributed by atoms with Gasteiger partial charge >= 0.3 is 0 Å². The van der Waals surface area contributed by atoms with Gasteiger partial charge in [0.1, 0.15) is 5.82 Å². The predicted molar refractivity (Wildman–Crippen MR) is 88.4 cm³/mol. The van der Waals surface area contributed by atoms with Crippen LogP contribution in [0.25, 0.3) is 0 Å². The molecule has 1 aliphatic heterocycles. The lowest BCUT2D eigenvalue weighted by atomic mass is 10.0. The van der Waals surface area contributed by atoms with Crippen LogP contribution in [0, 0.1) is 0 Å². The summed E-state index contributed by atoms with van der Waals surface area (Å²) in [7, 11) is 0. The van der Waals surface area contributed by atoms with Gasteiger partial charge in [0.05, 0.1) is 5.69 Å². The Kier molecular flexibility index (Phi) is 4.66. The number of fused-ring (bicyclic) bond motifs is 1. The molecule has 0 amide bonds. The first-order chi connectivity index (χ1) is 10.3. The van der Waals surface area contributed by atoms with Crippen molar-refractivity contribution in [3.05, 3.63) is 57.1 Å². The minimum atomic E-state index is 0.795. The van der Waals surface area contributed by atoms with Crippen molar-refractivity contribution in [1.82, 2.24) is 15.3 Å². The van der Waals surface area contributed by atoms with E-state index in [-0.39, 0.29) is 0 Å². The number of benzene rings is 1. The molecule has 1 N–H and O–H groups in total. The molecule has 21 heavy (non-hydrogen) atoms. The molecular weight excluding hydrogens is 326 g/mol. The van der Waals surface area contributed by atoms with E-state index in [0.29, 0.717) is 0 Å². The zero-order chi connectivity index (χ0) is 14.7. The Morgan fingerprint density at radius 3 is 3.00 bits per heavy atom. The molecule has 4 heteroatoms. The lowest BCUT2D eigenvalue weighted by Gasteiger charge is -2.20. The number of hydrogen-bond acceptors (Lipinski definition) is 3. The minimum Gasteiger partial charge on any atom is -0.311 e. The molecule has 2 heterocycles. The van der Waals surface area contributed by atoms with Crippen LogP contribution >= 0.6 is 15.9 Å². The number of nitrogens with zero attached hydrogens (tertiary/aromatic N) is 2. The van der Waals surface area contributed by atoms with Crippen molar-refractivity contribution in [3.8, 4) is 0 Å². The average molecular weight is 346 g/mol. The van der Waals surface area contributed by atoms with E-state index < -0.39 is 0 Å². The molecule has 0 aliphatic carbocycles. The number of halogens is 1. The summed E-state index contributed by atoms with van der Waals surface area (Å²) < 4.78 is 1.11. The van der Waals surface area contributed by atoms with Crippen molar-refractivity contribution in [2.24, 2.45) is 0 Å². The standard InChI is InChI=1S/C17H20BrN3/c1-2-4-15-14-7-8-19-11-16(14)21-17(20-15)10-12-5-3-6-13(18)9-12/h3,5-6,9,19H,2,4,7-8,10-11H2,1H3. The Balaban J connectivity index is 1.93. The van der Waals surface area contributed by atoms with E-state index >= 15 is 0 Å². The third-order valence-electron chi connectivity index (χ3n) is 3.81. The highest BCUT2D eigenvalue weighted by molar-refractivity contribution is 9.10. The number of aryl methyl sites for hydroxylation is 1. The highest BCUT2D eigenvalue weighted by atomic mass is 79.9. The highest BCUT2D eigenvalue weighted by Crippen LogP contribution is 2.19. The van der Waals surface area contributed by atoms with Crippen molar-refractivity contribution in [2.75, 3.05) is 6.54 Å². The summed E-state index contributed by atoms with van der Waals surface area (Å²) in [6, 6.07) is 8.38. The van der Waals surface area contributed by atoms with Crippen molar-refractivity contribution in [1.29, 1.82) is 0 Å². The van der Waals surface area contributed by atoms with Crippen molar-refractivity contribution < 1.29 is 0 Å². The van der Waals surface area contributed by atoms with Gasteiger partial charge in [0.25, 0.3) is 0 Å². The number of rotatable bonds is 4. The molecule has 3 nitrogen and oxygen atoms in total. The summed E-state index contributed by atoms with van der Waals surface area (Å²) in [5.74, 6) is 0.944. The van der Waals surface area contributed by atoms with Crippen LogP contribution in [0.5, 0.6) is 0 Å². The molecule has 1 aromatic carbocycles. The van der Waals surface area contributed by atoms with E-state index in [2.05, 4.69) is 46.4 Å². The van der Waals surface area contributed by atoms with Crippen LogP contribution < -0.4 is 5.32 Å². The fourth-order valence-electron chi connectivity index (χ4n) is 2.85. The van der Waals surface area contributed by atoms with Gasteiger partial charge in [-0.05, 0) is 42.6 Å². The molecule has 0 atom stereocenters. The summed E-state index contributed by atoms with van der Waals surface area (Å²) in [6.07, 6.45) is 4.04. The first-order valence-corrected chi connectivity index (χ1v) is 8.38. The van der Waals surface area contributed by atoms with Gasteiger partial charge in [-0.25, -0.2) is 9.97 Å². The second-order valence-corrected chi connectivity index (χ2v) is 6.41. The van der Waals surface area contributed by atoms with Gasteiger partial charge in [-0.2, -0.15) is 0 Å². The maximum absolute atomic E-state index is 4.85. The maximum Gasteiger partial charge on any atom is 0.133 e. The lowest BCUT2D eigenvalue weighted by Crippen LogP contribution is -2.27. The normalized spacial score (nSPS) is 14.0. The second kappa shape index (κ2) is 6.67. The Labute approximate surface area is 134 Å². The fourth-order valence-corrected chi connectivity index (χ4v) is 3.29. The monoisotopic (exact) mass is 345 g/mol. The van der Waals surface area contributed by atoms with E-state index in [9.17, 15) is 0 Å². The second-order valence-electron chi connectivity index (χ2n) is 5.50. The van der Waals surface area contributed by atoms with Crippen molar-refractivity contribution in [3.63, 3.8) is 0 Å². The van der Waals surface area contributed by atoms with E-state index in [1.807, 2.05) is 6.07 Å². The summed E-state index contributed by atoms with van der Waals surface area (Å²) in [5, 5.41) is 3.41. The summed E-state index contributed by atoms with van der Waals surface area (Å²) in [6.45, 7) is 4.13. The maximum atomic E-state index is 4.85. The third-order valence-corrected chi connectivity index (χ3v) is 4.30. The van der Waals surface area contributed by atoms with Gasteiger partial charge < -0.3 is 5.32 Å². The van der Waals surface area contributed by atoms with Crippen LogP contribution in [0.15, 0.2) is 28.7 Å². The van der Waals surface area contributed by atoms with Crippen LogP contribution in [0.3, 0.4) is 0 Å². The number of aromatic nitrogens is 2. The van der Waals surface area contributed by atoms with Crippen LogP contribution in [-0.4, -0.2) is 16.5 Å². The largest absolute Gasteiger partial charge is 0.311 e. The summed E-state index contributed by atoms with van der Waals surface area (Å²) in [4.78, 5) is 9.64. The van der Waals surface area contributed by atoms with Crippen molar-refractivity contribution in [2.45, 2.75) is 39.2 Å². The smallest absolute Gasteiger partial charge is 0.133 e. The van der Waals surface area contributed by atoms with Crippen LogP contribution in [-0.2, 0) is 25.8 Å². The molecule has 0 bridgehead atoms. The average Bonchev–Trinajstić information content (AvgIpc) is 2.47. The number of nitrogens with one attached hydrogen (secondary N) is 1. The van der Waals surface area contributed by atoms with Gasteiger partial charge in [-0.3, -0.25) is 0 Å². The molecule has 0 radical (unpaired) electrons. The topological polar surface area (TPSA) is 37.8 Å². The molecule has 3 rings (SSSR count). The summed E-state index contributed by atoms with van der Waals surface area (Å²) >= 11 is 3.52. The quantitative estimate of drug-likeness (QED) is 0.922. The molecule has 110 valence electrons. The van der Waals surface area contributed by atoms with Gasteiger partial charge in [0.15, 0.2) is 0 Å². The third kappa shape index (κ3) is 3.50. The van der Waals surface area contributed by atoms with Crippen LogP contribution in [0.4, 0.5) is 0 Å². The highest BCUT2D eigenvalue weighted by Gasteiger charge is 2.17. The Morgan fingerprint density at radius 2 is 2.19 bits per heavy atom. The van der Waals surface area contributed by atoms with Gasteiger partial charge in [0.2, 0.25) is 0 Å². The first-order valence-electron chi connectivity index (χ1n) is 7.59. The molecular formula is C17H20BrN3. The minimum absolute atomic E-state index is 0.795. The molecule has 0 unspecified atom stereocenters. The van der Waals surface area contributed by atoms with Crippen molar-refractivity contribution >= 4 is 15.9 Å². The summed E-state index contributed by atoms with van der Waals surface area (Å²) in [5.41, 5.74) is 5.09. The lowest BCUT2D eigenvalue weighted by molar-refractivity contribution is 0.607. The SMILES string of the molecule is CCCc1nc(Cc2cccc(Br)c2)nc2c1CCNC2. The molecule has 1 aromatic heterocycles. The Morgan fingerprint density at radius 1 is 1.29 bits per heavy atom. The van der Waals surface area contributed by atoms with Crippen LogP contribution in [0.2, 0.25) is 0 Å².